The van der Waals surface area contributed by atoms with E-state index in [4.69, 9.17) is 0 Å². The maximum atomic E-state index is 10.9. The molecule has 0 aromatic rings. The Labute approximate surface area is 68.9 Å². The molecule has 0 atom stereocenters. The van der Waals surface area contributed by atoms with Gasteiger partial charge in [-0.25, -0.2) is 0 Å². The number of ketones is 1. The Morgan fingerprint density at radius 3 is 3.00 bits per heavy atom. The van der Waals surface area contributed by atoms with Gasteiger partial charge in [0.2, 0.25) is 5.78 Å². The molecule has 0 fully saturated rings. The summed E-state index contributed by atoms with van der Waals surface area (Å²) in [5, 5.41) is 0. The number of hydrogen-bond donors (Lipinski definition) is 0. The van der Waals surface area contributed by atoms with Crippen molar-refractivity contribution in [2.45, 2.75) is 0 Å². The monoisotopic (exact) mass is 162 g/mol. The number of Topliss-reactive ketones (excluding diaryl/α,β-unsaturated/α-hetero) is 1. The van der Waals surface area contributed by atoms with Crippen molar-refractivity contribution in [3.8, 4) is 0 Å². The zero-order valence-electron chi connectivity index (χ0n) is 6.23. The average molecular weight is 162 g/mol. The lowest BCUT2D eigenvalue weighted by molar-refractivity contribution is -0.136. The highest BCUT2D eigenvalue weighted by Gasteiger charge is 2.24. The molecule has 1 amide bonds. The lowest BCUT2D eigenvalue weighted by Crippen LogP contribution is -2.39. The van der Waals surface area contributed by atoms with Crippen molar-refractivity contribution in [2.75, 3.05) is 6.54 Å². The topological polar surface area (TPSA) is 49.7 Å². The number of amidine groups is 1. The van der Waals surface area contributed by atoms with Gasteiger partial charge in [0, 0.05) is 6.20 Å². The second-order valence-corrected chi connectivity index (χ2v) is 2.53. The van der Waals surface area contributed by atoms with Gasteiger partial charge in [0.25, 0.3) is 0 Å². The lowest BCUT2D eigenvalue weighted by atomic mass is 10.2. The summed E-state index contributed by atoms with van der Waals surface area (Å²) < 4.78 is 0. The van der Waals surface area contributed by atoms with Crippen molar-refractivity contribution < 1.29 is 9.59 Å². The van der Waals surface area contributed by atoms with Crippen LogP contribution in [0.3, 0.4) is 0 Å². The van der Waals surface area contributed by atoms with Gasteiger partial charge in [-0.05, 0) is 12.2 Å². The summed E-state index contributed by atoms with van der Waals surface area (Å²) in [5.41, 5.74) is 0. The minimum Gasteiger partial charge on any atom is -0.325 e. The Morgan fingerprint density at radius 1 is 1.33 bits per heavy atom. The van der Waals surface area contributed by atoms with Crippen LogP contribution in [0.2, 0.25) is 0 Å². The van der Waals surface area contributed by atoms with Crippen LogP contribution in [0.4, 0.5) is 0 Å². The van der Waals surface area contributed by atoms with E-state index in [-0.39, 0.29) is 6.54 Å². The van der Waals surface area contributed by atoms with Crippen LogP contribution in [-0.2, 0) is 9.59 Å². The Bertz CT molecular complexity index is 339. The Hall–Kier alpha value is -1.71. The zero-order valence-corrected chi connectivity index (χ0v) is 6.23. The lowest BCUT2D eigenvalue weighted by Gasteiger charge is -2.23. The predicted molar refractivity (Wildman–Crippen MR) is 42.4 cm³/mol. The first kappa shape index (κ1) is 6.97. The first-order valence-electron chi connectivity index (χ1n) is 3.55. The molecule has 4 nitrogen and oxygen atoms in total. The Balaban J connectivity index is 2.40. The molecular weight excluding hydrogens is 156 g/mol. The minimum atomic E-state index is -0.652. The average Bonchev–Trinajstić information content (AvgIpc) is 2.07. The van der Waals surface area contributed by atoms with Crippen LogP contribution < -0.4 is 0 Å². The molecule has 4 heteroatoms. The summed E-state index contributed by atoms with van der Waals surface area (Å²) in [6.07, 6.45) is 6.99. The largest absolute Gasteiger partial charge is 0.325 e. The van der Waals surface area contributed by atoms with E-state index in [9.17, 15) is 9.59 Å². The van der Waals surface area contributed by atoms with Crippen molar-refractivity contribution in [1.82, 2.24) is 4.90 Å². The molecule has 60 valence electrons. The number of rotatable bonds is 0. The van der Waals surface area contributed by atoms with Gasteiger partial charge in [0.15, 0.2) is 0 Å². The maximum absolute atomic E-state index is 10.9. The Kier molecular flexibility index (Phi) is 1.40. The third kappa shape index (κ3) is 0.972. The highest BCUT2D eigenvalue weighted by molar-refractivity contribution is 6.41. The van der Waals surface area contributed by atoms with Crippen molar-refractivity contribution in [2.24, 2.45) is 4.99 Å². The summed E-state index contributed by atoms with van der Waals surface area (Å²) in [4.78, 5) is 27.0. The summed E-state index contributed by atoms with van der Waals surface area (Å²) in [6.45, 7) is 0.110. The van der Waals surface area contributed by atoms with E-state index < -0.39 is 11.7 Å². The van der Waals surface area contributed by atoms with E-state index in [1.165, 1.54) is 0 Å². The van der Waals surface area contributed by atoms with E-state index in [2.05, 4.69) is 4.99 Å². The summed E-state index contributed by atoms with van der Waals surface area (Å²) in [7, 11) is 0. The molecule has 0 radical (unpaired) electrons. The molecule has 0 aromatic heterocycles. The molecular formula is C8H6N2O2. The van der Waals surface area contributed by atoms with Crippen molar-refractivity contribution in [3.05, 3.63) is 24.4 Å². The van der Waals surface area contributed by atoms with Gasteiger partial charge >= 0.3 is 5.91 Å². The molecule has 0 spiro atoms. The van der Waals surface area contributed by atoms with Crippen LogP contribution in [0.5, 0.6) is 0 Å². The zero-order chi connectivity index (χ0) is 8.55. The summed E-state index contributed by atoms with van der Waals surface area (Å²) >= 11 is 0. The van der Waals surface area contributed by atoms with Gasteiger partial charge in [0.1, 0.15) is 5.84 Å². The molecule has 0 unspecified atom stereocenters. The molecule has 2 rings (SSSR count). The molecule has 2 heterocycles. The molecule has 0 saturated carbocycles. The van der Waals surface area contributed by atoms with Gasteiger partial charge < -0.3 is 4.90 Å². The van der Waals surface area contributed by atoms with Crippen molar-refractivity contribution in [3.63, 3.8) is 0 Å². The maximum Gasteiger partial charge on any atom is 0.316 e. The quantitative estimate of drug-likeness (QED) is 0.466. The Morgan fingerprint density at radius 2 is 2.17 bits per heavy atom. The number of aliphatic imine (C=N–C) groups is 1. The summed E-state index contributed by atoms with van der Waals surface area (Å²) in [5.74, 6) is -0.568. The fourth-order valence-corrected chi connectivity index (χ4v) is 1.09. The van der Waals surface area contributed by atoms with Crippen molar-refractivity contribution in [1.29, 1.82) is 0 Å². The smallest absolute Gasteiger partial charge is 0.316 e. The standard InChI is InChI=1S/C8H6N2O2/c11-6-5-10-4-2-1-3-7(10)9-8(6)12/h1-4H,5H2. The molecule has 0 aliphatic carbocycles. The van der Waals surface area contributed by atoms with Crippen LogP contribution in [0.1, 0.15) is 0 Å². The molecule has 0 N–H and O–H groups in total. The van der Waals surface area contributed by atoms with Crippen LogP contribution in [0.25, 0.3) is 0 Å². The van der Waals surface area contributed by atoms with E-state index in [1.807, 2.05) is 0 Å². The molecule has 0 saturated heterocycles. The highest BCUT2D eigenvalue weighted by atomic mass is 16.2. The predicted octanol–water partition coefficient (Wildman–Crippen LogP) is -0.120. The van der Waals surface area contributed by atoms with E-state index in [0.717, 1.165) is 0 Å². The van der Waals surface area contributed by atoms with Gasteiger partial charge in [0.05, 0.1) is 6.54 Å². The normalized spacial score (nSPS) is 21.0. The third-order valence-corrected chi connectivity index (χ3v) is 1.69. The SMILES string of the molecule is O=C1CN2C=CC=CC2=NC1=O. The third-order valence-electron chi connectivity index (χ3n) is 1.69. The number of carbonyl (C=O) groups is 2. The van der Waals surface area contributed by atoms with Crippen LogP contribution >= 0.6 is 0 Å². The summed E-state index contributed by atoms with van der Waals surface area (Å²) in [6, 6.07) is 0. The van der Waals surface area contributed by atoms with E-state index in [0.29, 0.717) is 5.84 Å². The highest BCUT2D eigenvalue weighted by Crippen LogP contribution is 2.07. The number of fused-ring (bicyclic) bond motifs is 1. The van der Waals surface area contributed by atoms with Crippen molar-refractivity contribution >= 4 is 17.5 Å². The molecule has 2 aliphatic heterocycles. The molecule has 12 heavy (non-hydrogen) atoms. The molecule has 2 aliphatic rings. The van der Waals surface area contributed by atoms with Gasteiger partial charge in [-0.15, -0.1) is 0 Å². The van der Waals surface area contributed by atoms with Gasteiger partial charge in [-0.2, -0.15) is 4.99 Å². The first-order chi connectivity index (χ1) is 5.77. The van der Waals surface area contributed by atoms with Crippen LogP contribution in [0, 0.1) is 0 Å². The van der Waals surface area contributed by atoms with E-state index in [1.54, 1.807) is 29.3 Å². The second-order valence-electron chi connectivity index (χ2n) is 2.53. The number of nitrogens with zero attached hydrogens (tertiary/aromatic N) is 2. The fraction of sp³-hybridized carbons (Fsp3) is 0.125. The number of allylic oxidation sites excluding steroid dienone is 2. The molecule has 0 aromatic carbocycles. The number of hydrogen-bond acceptors (Lipinski definition) is 3. The van der Waals surface area contributed by atoms with E-state index >= 15 is 0 Å². The fourth-order valence-electron chi connectivity index (χ4n) is 1.09. The second kappa shape index (κ2) is 2.41. The number of amides is 1. The number of carbonyl (C=O) groups excluding carboxylic acids is 2. The first-order valence-corrected chi connectivity index (χ1v) is 3.55. The molecule has 0 bridgehead atoms. The minimum absolute atomic E-state index is 0.110. The van der Waals surface area contributed by atoms with Gasteiger partial charge in [-0.1, -0.05) is 6.08 Å². The van der Waals surface area contributed by atoms with Crippen LogP contribution in [0.15, 0.2) is 29.4 Å². The van der Waals surface area contributed by atoms with Gasteiger partial charge in [-0.3, -0.25) is 9.59 Å². The van der Waals surface area contributed by atoms with Crippen LogP contribution in [-0.4, -0.2) is 29.0 Å².